The van der Waals surface area contributed by atoms with Crippen molar-refractivity contribution in [2.24, 2.45) is 0 Å². The highest BCUT2D eigenvalue weighted by Crippen LogP contribution is 2.25. The zero-order valence-corrected chi connectivity index (χ0v) is 10.5. The Morgan fingerprint density at radius 1 is 1.53 bits per heavy atom. The monoisotopic (exact) mass is 266 g/mol. The summed E-state index contributed by atoms with van der Waals surface area (Å²) < 4.78 is 6.62. The first kappa shape index (κ1) is 12.1. The van der Waals surface area contributed by atoms with Gasteiger partial charge in [0.05, 0.1) is 0 Å². The fourth-order valence-electron chi connectivity index (χ4n) is 1.30. The topological polar surface area (TPSA) is 9.23 Å². The molecule has 0 radical (unpaired) electrons. The first-order chi connectivity index (χ1) is 7.13. The van der Waals surface area contributed by atoms with Crippen molar-refractivity contribution >= 4 is 15.9 Å². The SMILES string of the molecule is C=CCOc1ccc(Br)cc1CC(=C)C. The average molecular weight is 267 g/mol. The molecule has 1 aromatic rings. The molecule has 2 heteroatoms. The third-order valence-corrected chi connectivity index (χ3v) is 2.36. The number of halogens is 1. The van der Waals surface area contributed by atoms with Crippen molar-refractivity contribution in [3.63, 3.8) is 0 Å². The lowest BCUT2D eigenvalue weighted by atomic mass is 10.1. The summed E-state index contributed by atoms with van der Waals surface area (Å²) in [6, 6.07) is 6.00. The van der Waals surface area contributed by atoms with Gasteiger partial charge in [0.2, 0.25) is 0 Å². The zero-order valence-electron chi connectivity index (χ0n) is 8.92. The number of allylic oxidation sites excluding steroid dienone is 1. The Morgan fingerprint density at radius 2 is 2.27 bits per heavy atom. The summed E-state index contributed by atoms with van der Waals surface area (Å²) in [6.07, 6.45) is 2.58. The fraction of sp³-hybridized carbons (Fsp3) is 0.231. The molecule has 0 aliphatic heterocycles. The van der Waals surface area contributed by atoms with E-state index in [0.717, 1.165) is 27.8 Å². The molecular weight excluding hydrogens is 252 g/mol. The average Bonchev–Trinajstić information content (AvgIpc) is 2.16. The van der Waals surface area contributed by atoms with Gasteiger partial charge in [-0.2, -0.15) is 0 Å². The molecule has 0 N–H and O–H groups in total. The van der Waals surface area contributed by atoms with Gasteiger partial charge in [-0.1, -0.05) is 40.7 Å². The molecule has 0 amide bonds. The van der Waals surface area contributed by atoms with Crippen LogP contribution in [-0.4, -0.2) is 6.61 Å². The van der Waals surface area contributed by atoms with Gasteiger partial charge < -0.3 is 4.74 Å². The lowest BCUT2D eigenvalue weighted by Crippen LogP contribution is -1.98. The second-order valence-corrected chi connectivity index (χ2v) is 4.40. The zero-order chi connectivity index (χ0) is 11.3. The van der Waals surface area contributed by atoms with Crippen molar-refractivity contribution in [3.8, 4) is 5.75 Å². The van der Waals surface area contributed by atoms with Crippen molar-refractivity contribution in [1.82, 2.24) is 0 Å². The predicted molar refractivity (Wildman–Crippen MR) is 68.4 cm³/mol. The molecular formula is C13H15BrO. The van der Waals surface area contributed by atoms with Gasteiger partial charge in [0, 0.05) is 4.47 Å². The molecule has 0 fully saturated rings. The Labute approximate surface area is 99.6 Å². The van der Waals surface area contributed by atoms with Crippen LogP contribution in [-0.2, 0) is 6.42 Å². The van der Waals surface area contributed by atoms with E-state index < -0.39 is 0 Å². The third kappa shape index (κ3) is 3.92. The van der Waals surface area contributed by atoms with Gasteiger partial charge in [-0.05, 0) is 37.1 Å². The number of benzene rings is 1. The second-order valence-electron chi connectivity index (χ2n) is 3.49. The standard InChI is InChI=1S/C13H15BrO/c1-4-7-15-13-6-5-12(14)9-11(13)8-10(2)3/h4-6,9H,1-2,7-8H2,3H3. The molecule has 0 saturated carbocycles. The Kier molecular flexibility index (Phi) is 4.63. The van der Waals surface area contributed by atoms with Crippen molar-refractivity contribution in [3.05, 3.63) is 53.0 Å². The summed E-state index contributed by atoms with van der Waals surface area (Å²) in [5.74, 6) is 0.904. The van der Waals surface area contributed by atoms with Gasteiger partial charge in [0.15, 0.2) is 0 Å². The molecule has 1 nitrogen and oxygen atoms in total. The lowest BCUT2D eigenvalue weighted by molar-refractivity contribution is 0.359. The largest absolute Gasteiger partial charge is 0.489 e. The van der Waals surface area contributed by atoms with Crippen LogP contribution in [0.4, 0.5) is 0 Å². The number of rotatable bonds is 5. The van der Waals surface area contributed by atoms with Gasteiger partial charge in [0.25, 0.3) is 0 Å². The molecule has 1 aromatic carbocycles. The van der Waals surface area contributed by atoms with Gasteiger partial charge >= 0.3 is 0 Å². The maximum Gasteiger partial charge on any atom is 0.123 e. The summed E-state index contributed by atoms with van der Waals surface area (Å²) in [5.41, 5.74) is 2.27. The van der Waals surface area contributed by atoms with E-state index in [1.807, 2.05) is 19.1 Å². The Hall–Kier alpha value is -1.02. The fourth-order valence-corrected chi connectivity index (χ4v) is 1.71. The Balaban J connectivity index is 2.91. The van der Waals surface area contributed by atoms with E-state index in [1.165, 1.54) is 0 Å². The van der Waals surface area contributed by atoms with E-state index >= 15 is 0 Å². The van der Waals surface area contributed by atoms with Crippen LogP contribution in [0, 0.1) is 0 Å². The van der Waals surface area contributed by atoms with Crippen molar-refractivity contribution in [1.29, 1.82) is 0 Å². The first-order valence-corrected chi connectivity index (χ1v) is 5.59. The summed E-state index contributed by atoms with van der Waals surface area (Å²) in [7, 11) is 0. The van der Waals surface area contributed by atoms with E-state index in [2.05, 4.69) is 35.2 Å². The van der Waals surface area contributed by atoms with E-state index in [0.29, 0.717) is 6.61 Å². The lowest BCUT2D eigenvalue weighted by Gasteiger charge is -2.10. The van der Waals surface area contributed by atoms with E-state index in [-0.39, 0.29) is 0 Å². The van der Waals surface area contributed by atoms with Gasteiger partial charge in [-0.25, -0.2) is 0 Å². The van der Waals surface area contributed by atoms with Crippen LogP contribution < -0.4 is 4.74 Å². The third-order valence-electron chi connectivity index (χ3n) is 1.87. The normalized spacial score (nSPS) is 9.73. The molecule has 0 aromatic heterocycles. The second kappa shape index (κ2) is 5.76. The highest BCUT2D eigenvalue weighted by molar-refractivity contribution is 9.10. The molecule has 0 atom stereocenters. The van der Waals surface area contributed by atoms with Crippen LogP contribution in [0.1, 0.15) is 12.5 Å². The molecule has 0 aliphatic rings. The van der Waals surface area contributed by atoms with Gasteiger partial charge in [-0.15, -0.1) is 0 Å². The highest BCUT2D eigenvalue weighted by Gasteiger charge is 2.04. The van der Waals surface area contributed by atoms with E-state index in [1.54, 1.807) is 6.08 Å². The van der Waals surface area contributed by atoms with E-state index in [4.69, 9.17) is 4.74 Å². The summed E-state index contributed by atoms with van der Waals surface area (Å²) >= 11 is 3.45. The number of ether oxygens (including phenoxy) is 1. The minimum Gasteiger partial charge on any atom is -0.489 e. The Morgan fingerprint density at radius 3 is 2.87 bits per heavy atom. The molecule has 0 spiro atoms. The maximum absolute atomic E-state index is 5.56. The van der Waals surface area contributed by atoms with Crippen molar-refractivity contribution in [2.75, 3.05) is 6.61 Å². The molecule has 0 saturated heterocycles. The van der Waals surface area contributed by atoms with Crippen LogP contribution in [0.3, 0.4) is 0 Å². The molecule has 15 heavy (non-hydrogen) atoms. The van der Waals surface area contributed by atoms with Crippen molar-refractivity contribution in [2.45, 2.75) is 13.3 Å². The predicted octanol–water partition coefficient (Wildman–Crippen LogP) is 4.13. The van der Waals surface area contributed by atoms with E-state index in [9.17, 15) is 0 Å². The number of hydrogen-bond acceptors (Lipinski definition) is 1. The van der Waals surface area contributed by atoms with Crippen LogP contribution >= 0.6 is 15.9 Å². The highest BCUT2D eigenvalue weighted by atomic mass is 79.9. The van der Waals surface area contributed by atoms with Crippen molar-refractivity contribution < 1.29 is 4.74 Å². The number of hydrogen-bond donors (Lipinski definition) is 0. The minimum absolute atomic E-state index is 0.533. The molecule has 80 valence electrons. The van der Waals surface area contributed by atoms with Gasteiger partial charge in [-0.3, -0.25) is 0 Å². The summed E-state index contributed by atoms with van der Waals surface area (Å²) in [5, 5.41) is 0. The Bertz CT molecular complexity index is 369. The maximum atomic E-state index is 5.56. The summed E-state index contributed by atoms with van der Waals surface area (Å²) in [6.45, 7) is 10.1. The van der Waals surface area contributed by atoms with Crippen LogP contribution in [0.25, 0.3) is 0 Å². The van der Waals surface area contributed by atoms with Crippen LogP contribution in [0.15, 0.2) is 47.5 Å². The first-order valence-electron chi connectivity index (χ1n) is 4.80. The molecule has 1 rings (SSSR count). The molecule has 0 aliphatic carbocycles. The molecule has 0 heterocycles. The summed E-state index contributed by atoms with van der Waals surface area (Å²) in [4.78, 5) is 0. The minimum atomic E-state index is 0.533. The molecule has 0 bridgehead atoms. The van der Waals surface area contributed by atoms with Crippen LogP contribution in [0.5, 0.6) is 5.75 Å². The van der Waals surface area contributed by atoms with Gasteiger partial charge in [0.1, 0.15) is 12.4 Å². The smallest absolute Gasteiger partial charge is 0.123 e. The van der Waals surface area contributed by atoms with Crippen LogP contribution in [0.2, 0.25) is 0 Å². The quantitative estimate of drug-likeness (QED) is 0.729. The molecule has 0 unspecified atom stereocenters.